The minimum Gasteiger partial charge on any atom is -0.466 e. The Labute approximate surface area is 99.7 Å². The van der Waals surface area contributed by atoms with Crippen molar-refractivity contribution in [1.29, 1.82) is 0 Å². The largest absolute Gasteiger partial charge is 0.466 e. The summed E-state index contributed by atoms with van der Waals surface area (Å²) in [5, 5.41) is 0. The van der Waals surface area contributed by atoms with Crippen LogP contribution in [0, 0.1) is 11.8 Å². The van der Waals surface area contributed by atoms with Gasteiger partial charge in [-0.1, -0.05) is 6.08 Å². The third-order valence-electron chi connectivity index (χ3n) is 3.72. The summed E-state index contributed by atoms with van der Waals surface area (Å²) >= 11 is 0. The number of rotatable bonds is 3. The molecule has 1 fully saturated rings. The summed E-state index contributed by atoms with van der Waals surface area (Å²) in [4.78, 5) is 23.9. The van der Waals surface area contributed by atoms with Crippen LogP contribution in [0.25, 0.3) is 0 Å². The quantitative estimate of drug-likeness (QED) is 0.536. The molecule has 2 aliphatic rings. The molecule has 2 rings (SSSR count). The molecule has 0 aromatic heterocycles. The standard InChI is InChI=1S/C12H16O5/c1-15-11(14)8-5-4-7-6-9(8)12(16-2,17-3)10(7)13/h5,7,9H,4,6H2,1-3H3/t7-,9+/m0/s1. The number of Topliss-reactive ketones (excluding diaryl/α,β-unsaturated/α-hetero) is 1. The molecule has 0 saturated heterocycles. The summed E-state index contributed by atoms with van der Waals surface area (Å²) < 4.78 is 15.3. The van der Waals surface area contributed by atoms with Crippen LogP contribution < -0.4 is 0 Å². The van der Waals surface area contributed by atoms with Crippen LogP contribution in [0.2, 0.25) is 0 Å². The highest BCUT2D eigenvalue weighted by atomic mass is 16.7. The lowest BCUT2D eigenvalue weighted by molar-refractivity contribution is -0.215. The van der Waals surface area contributed by atoms with Gasteiger partial charge in [0.1, 0.15) is 0 Å². The molecular weight excluding hydrogens is 224 g/mol. The zero-order valence-electron chi connectivity index (χ0n) is 10.2. The molecular formula is C12H16O5. The number of carbonyl (C=O) groups is 2. The Hall–Kier alpha value is -1.20. The molecule has 0 unspecified atom stereocenters. The van der Waals surface area contributed by atoms with E-state index in [4.69, 9.17) is 14.2 Å². The monoisotopic (exact) mass is 240 g/mol. The van der Waals surface area contributed by atoms with Crippen molar-refractivity contribution in [2.24, 2.45) is 11.8 Å². The Morgan fingerprint density at radius 2 is 2.00 bits per heavy atom. The van der Waals surface area contributed by atoms with Gasteiger partial charge >= 0.3 is 5.97 Å². The SMILES string of the molecule is COC(=O)C1=CC[C@H]2C[C@H]1C(OC)(OC)C2=O. The normalized spacial score (nSPS) is 30.1. The van der Waals surface area contributed by atoms with Crippen LogP contribution in [0.4, 0.5) is 0 Å². The molecule has 5 nitrogen and oxygen atoms in total. The minimum absolute atomic E-state index is 0.0809. The number of allylic oxidation sites excluding steroid dienone is 1. The zero-order valence-corrected chi connectivity index (χ0v) is 10.2. The van der Waals surface area contributed by atoms with Gasteiger partial charge in [-0.25, -0.2) is 4.79 Å². The van der Waals surface area contributed by atoms with E-state index in [0.29, 0.717) is 18.4 Å². The van der Waals surface area contributed by atoms with Crippen LogP contribution in [0.5, 0.6) is 0 Å². The number of fused-ring (bicyclic) bond motifs is 2. The van der Waals surface area contributed by atoms with Gasteiger partial charge in [-0.15, -0.1) is 0 Å². The maximum Gasteiger partial charge on any atom is 0.333 e. The molecule has 0 heterocycles. The van der Waals surface area contributed by atoms with Gasteiger partial charge in [-0.3, -0.25) is 4.79 Å². The van der Waals surface area contributed by atoms with E-state index < -0.39 is 11.8 Å². The summed E-state index contributed by atoms with van der Waals surface area (Å²) in [6, 6.07) is 0. The fourth-order valence-corrected chi connectivity index (χ4v) is 2.86. The van der Waals surface area contributed by atoms with Gasteiger partial charge in [0.05, 0.1) is 13.0 Å². The van der Waals surface area contributed by atoms with Crippen LogP contribution in [-0.2, 0) is 23.8 Å². The predicted molar refractivity (Wildman–Crippen MR) is 58.1 cm³/mol. The van der Waals surface area contributed by atoms with Crippen LogP contribution in [0.15, 0.2) is 11.6 Å². The molecule has 94 valence electrons. The van der Waals surface area contributed by atoms with Gasteiger partial charge in [0.25, 0.3) is 0 Å². The zero-order chi connectivity index (χ0) is 12.6. The first-order chi connectivity index (χ1) is 8.10. The number of ether oxygens (including phenoxy) is 3. The van der Waals surface area contributed by atoms with Crippen LogP contribution in [0.3, 0.4) is 0 Å². The van der Waals surface area contributed by atoms with Crippen molar-refractivity contribution in [3.8, 4) is 0 Å². The topological polar surface area (TPSA) is 61.8 Å². The molecule has 0 radical (unpaired) electrons. The Kier molecular flexibility index (Phi) is 3.05. The molecule has 0 aromatic rings. The second-order valence-corrected chi connectivity index (χ2v) is 4.31. The molecule has 5 heteroatoms. The lowest BCUT2D eigenvalue weighted by Crippen LogP contribution is -2.46. The second-order valence-electron chi connectivity index (χ2n) is 4.31. The lowest BCUT2D eigenvalue weighted by atomic mass is 9.87. The molecule has 0 amide bonds. The average Bonchev–Trinajstić information content (AvgIpc) is 2.59. The molecule has 17 heavy (non-hydrogen) atoms. The van der Waals surface area contributed by atoms with Gasteiger partial charge in [-0.05, 0) is 12.8 Å². The molecule has 2 aliphatic carbocycles. The smallest absolute Gasteiger partial charge is 0.333 e. The van der Waals surface area contributed by atoms with Crippen molar-refractivity contribution in [2.45, 2.75) is 18.6 Å². The maximum atomic E-state index is 12.2. The van der Waals surface area contributed by atoms with Crippen molar-refractivity contribution in [3.63, 3.8) is 0 Å². The van der Waals surface area contributed by atoms with Gasteiger partial charge < -0.3 is 14.2 Å². The molecule has 0 spiro atoms. The van der Waals surface area contributed by atoms with Crippen LogP contribution in [-0.4, -0.2) is 38.9 Å². The second kappa shape index (κ2) is 4.23. The van der Waals surface area contributed by atoms with Gasteiger partial charge in [0.2, 0.25) is 5.79 Å². The van der Waals surface area contributed by atoms with Crippen molar-refractivity contribution >= 4 is 11.8 Å². The van der Waals surface area contributed by atoms with Gasteiger partial charge in [-0.2, -0.15) is 0 Å². The number of ketones is 1. The Morgan fingerprint density at radius 1 is 1.35 bits per heavy atom. The Morgan fingerprint density at radius 3 is 2.53 bits per heavy atom. The number of carbonyl (C=O) groups excluding carboxylic acids is 2. The molecule has 0 aliphatic heterocycles. The summed E-state index contributed by atoms with van der Waals surface area (Å²) in [7, 11) is 4.18. The lowest BCUT2D eigenvalue weighted by Gasteiger charge is -2.31. The van der Waals surface area contributed by atoms with Crippen LogP contribution >= 0.6 is 0 Å². The Bertz CT molecular complexity index is 380. The Balaban J connectivity index is 2.41. The average molecular weight is 240 g/mol. The highest BCUT2D eigenvalue weighted by Gasteiger charge is 2.59. The molecule has 2 atom stereocenters. The predicted octanol–water partition coefficient (Wildman–Crippen LogP) is 0.684. The summed E-state index contributed by atoms with van der Waals surface area (Å²) in [5.41, 5.74) is 0.485. The van der Waals surface area contributed by atoms with Crippen molar-refractivity contribution in [3.05, 3.63) is 11.6 Å². The van der Waals surface area contributed by atoms with E-state index in [1.165, 1.54) is 21.3 Å². The summed E-state index contributed by atoms with van der Waals surface area (Å²) in [6.07, 6.45) is 2.90. The number of hydrogen-bond acceptors (Lipinski definition) is 5. The van der Waals surface area contributed by atoms with E-state index in [1.807, 2.05) is 0 Å². The maximum absolute atomic E-state index is 12.2. The molecule has 0 aromatic carbocycles. The van der Waals surface area contributed by atoms with E-state index in [1.54, 1.807) is 6.08 Å². The van der Waals surface area contributed by atoms with E-state index in [2.05, 4.69) is 0 Å². The minimum atomic E-state index is -1.32. The molecule has 0 N–H and O–H groups in total. The fourth-order valence-electron chi connectivity index (χ4n) is 2.86. The van der Waals surface area contributed by atoms with Crippen molar-refractivity contribution < 1.29 is 23.8 Å². The van der Waals surface area contributed by atoms with Crippen molar-refractivity contribution in [1.82, 2.24) is 0 Å². The first-order valence-electron chi connectivity index (χ1n) is 5.53. The van der Waals surface area contributed by atoms with E-state index in [-0.39, 0.29) is 17.6 Å². The fraction of sp³-hybridized carbons (Fsp3) is 0.667. The summed E-state index contributed by atoms with van der Waals surface area (Å²) in [6.45, 7) is 0. The first-order valence-corrected chi connectivity index (χ1v) is 5.53. The third-order valence-corrected chi connectivity index (χ3v) is 3.72. The van der Waals surface area contributed by atoms with Crippen LogP contribution in [0.1, 0.15) is 12.8 Å². The highest BCUT2D eigenvalue weighted by Crippen LogP contribution is 2.48. The van der Waals surface area contributed by atoms with E-state index in [9.17, 15) is 9.59 Å². The first kappa shape index (κ1) is 12.3. The molecule has 2 bridgehead atoms. The van der Waals surface area contributed by atoms with E-state index in [0.717, 1.165) is 0 Å². The third kappa shape index (κ3) is 1.53. The molecule has 1 saturated carbocycles. The number of methoxy groups -OCH3 is 3. The van der Waals surface area contributed by atoms with Gasteiger partial charge in [0, 0.05) is 25.7 Å². The number of hydrogen-bond donors (Lipinski definition) is 0. The van der Waals surface area contributed by atoms with E-state index >= 15 is 0 Å². The number of esters is 1. The van der Waals surface area contributed by atoms with Crippen molar-refractivity contribution in [2.75, 3.05) is 21.3 Å². The van der Waals surface area contributed by atoms with Gasteiger partial charge in [0.15, 0.2) is 5.78 Å². The summed E-state index contributed by atoms with van der Waals surface area (Å²) in [5.74, 6) is -2.30. The highest BCUT2D eigenvalue weighted by molar-refractivity contribution is 5.98.